The zero-order chi connectivity index (χ0) is 15.3. The molecule has 0 aliphatic rings. The lowest BCUT2D eigenvalue weighted by Crippen LogP contribution is -2.25. The van der Waals surface area contributed by atoms with Gasteiger partial charge in [-0.05, 0) is 44.8 Å². The van der Waals surface area contributed by atoms with Gasteiger partial charge in [0, 0.05) is 25.2 Å². The second-order valence-electron chi connectivity index (χ2n) is 5.06. The van der Waals surface area contributed by atoms with Crippen LogP contribution in [0.25, 0.3) is 0 Å². The van der Waals surface area contributed by atoms with Gasteiger partial charge >= 0.3 is 6.18 Å². The molecule has 6 heteroatoms. The molecule has 0 aliphatic heterocycles. The molecular formula is C14H20ClF3N2. The van der Waals surface area contributed by atoms with Crippen LogP contribution in [-0.4, -0.2) is 39.1 Å². The molecule has 1 aromatic rings. The highest BCUT2D eigenvalue weighted by Crippen LogP contribution is 2.37. The van der Waals surface area contributed by atoms with Crippen LogP contribution in [0.2, 0.25) is 0 Å². The monoisotopic (exact) mass is 308 g/mol. The van der Waals surface area contributed by atoms with Crippen molar-refractivity contribution in [3.8, 4) is 0 Å². The molecule has 0 aliphatic carbocycles. The summed E-state index contributed by atoms with van der Waals surface area (Å²) in [5.41, 5.74) is 0.0533. The molecule has 1 rings (SSSR count). The van der Waals surface area contributed by atoms with Crippen LogP contribution in [0.5, 0.6) is 0 Å². The van der Waals surface area contributed by atoms with Crippen molar-refractivity contribution in [1.82, 2.24) is 4.90 Å². The van der Waals surface area contributed by atoms with Crippen molar-refractivity contribution in [3.05, 3.63) is 29.3 Å². The van der Waals surface area contributed by atoms with E-state index in [1.807, 2.05) is 19.0 Å². The molecule has 0 N–H and O–H groups in total. The van der Waals surface area contributed by atoms with Gasteiger partial charge < -0.3 is 9.80 Å². The van der Waals surface area contributed by atoms with Gasteiger partial charge in [0.1, 0.15) is 0 Å². The highest BCUT2D eigenvalue weighted by molar-refractivity contribution is 6.17. The number of hydrogen-bond acceptors (Lipinski definition) is 2. The first kappa shape index (κ1) is 17.1. The lowest BCUT2D eigenvalue weighted by atomic mass is 10.1. The fraction of sp³-hybridized carbons (Fsp3) is 0.571. The standard InChI is InChI=1S/C14H20ClF3N2/c1-19(2)7-4-8-20(3)13-6-5-11(10-15)9-12(13)14(16,17)18/h5-6,9H,4,7-8,10H2,1-3H3. The quantitative estimate of drug-likeness (QED) is 0.737. The Morgan fingerprint density at radius 3 is 2.25 bits per heavy atom. The van der Waals surface area contributed by atoms with E-state index in [9.17, 15) is 13.2 Å². The zero-order valence-electron chi connectivity index (χ0n) is 12.0. The summed E-state index contributed by atoms with van der Waals surface area (Å²) in [7, 11) is 5.56. The van der Waals surface area contributed by atoms with E-state index in [1.165, 1.54) is 6.07 Å². The summed E-state index contributed by atoms with van der Waals surface area (Å²) in [5.74, 6) is 0.0771. The molecule has 0 amide bonds. The van der Waals surface area contributed by atoms with Crippen LogP contribution in [-0.2, 0) is 12.1 Å². The lowest BCUT2D eigenvalue weighted by molar-refractivity contribution is -0.137. The van der Waals surface area contributed by atoms with E-state index in [4.69, 9.17) is 11.6 Å². The van der Waals surface area contributed by atoms with Crippen molar-refractivity contribution in [2.45, 2.75) is 18.5 Å². The fourth-order valence-electron chi connectivity index (χ4n) is 1.97. The fourth-order valence-corrected chi connectivity index (χ4v) is 2.14. The number of benzene rings is 1. The minimum atomic E-state index is -4.37. The van der Waals surface area contributed by atoms with E-state index >= 15 is 0 Å². The van der Waals surface area contributed by atoms with Crippen molar-refractivity contribution >= 4 is 17.3 Å². The van der Waals surface area contributed by atoms with Crippen molar-refractivity contribution in [3.63, 3.8) is 0 Å². The summed E-state index contributed by atoms with van der Waals surface area (Å²) in [4.78, 5) is 3.65. The minimum absolute atomic E-state index is 0.0771. The maximum Gasteiger partial charge on any atom is 0.418 e. The van der Waals surface area contributed by atoms with Gasteiger partial charge in [0.2, 0.25) is 0 Å². The molecule has 2 nitrogen and oxygen atoms in total. The zero-order valence-corrected chi connectivity index (χ0v) is 12.7. The van der Waals surface area contributed by atoms with Gasteiger partial charge in [-0.25, -0.2) is 0 Å². The van der Waals surface area contributed by atoms with E-state index in [2.05, 4.69) is 0 Å². The molecule has 0 radical (unpaired) electrons. The highest BCUT2D eigenvalue weighted by atomic mass is 35.5. The molecule has 0 unspecified atom stereocenters. The van der Waals surface area contributed by atoms with E-state index in [0.717, 1.165) is 19.0 Å². The van der Waals surface area contributed by atoms with Gasteiger partial charge in [-0.1, -0.05) is 6.07 Å². The van der Waals surface area contributed by atoms with Crippen LogP contribution in [0.3, 0.4) is 0 Å². The van der Waals surface area contributed by atoms with Crippen molar-refractivity contribution in [2.75, 3.05) is 39.1 Å². The molecule has 0 aromatic heterocycles. The molecule has 0 saturated heterocycles. The van der Waals surface area contributed by atoms with Crippen LogP contribution in [0, 0.1) is 0 Å². The SMILES string of the molecule is CN(C)CCCN(C)c1ccc(CCl)cc1C(F)(F)F. The topological polar surface area (TPSA) is 6.48 Å². The molecular weight excluding hydrogens is 289 g/mol. The molecule has 20 heavy (non-hydrogen) atoms. The molecule has 0 heterocycles. The average molecular weight is 309 g/mol. The Morgan fingerprint density at radius 1 is 1.10 bits per heavy atom. The van der Waals surface area contributed by atoms with E-state index in [1.54, 1.807) is 18.0 Å². The number of nitrogens with zero attached hydrogens (tertiary/aromatic N) is 2. The maximum atomic E-state index is 13.1. The minimum Gasteiger partial charge on any atom is -0.374 e. The van der Waals surface area contributed by atoms with Crippen LogP contribution < -0.4 is 4.90 Å². The van der Waals surface area contributed by atoms with Crippen LogP contribution in [0.15, 0.2) is 18.2 Å². The summed E-state index contributed by atoms with van der Waals surface area (Å²) < 4.78 is 39.3. The number of alkyl halides is 4. The molecule has 0 atom stereocenters. The van der Waals surface area contributed by atoms with Crippen molar-refractivity contribution in [2.24, 2.45) is 0 Å². The first-order valence-corrected chi connectivity index (χ1v) is 6.91. The Balaban J connectivity index is 2.92. The van der Waals surface area contributed by atoms with Crippen LogP contribution in [0.4, 0.5) is 18.9 Å². The Labute approximate surface area is 123 Å². The third-order valence-corrected chi connectivity index (χ3v) is 3.34. The van der Waals surface area contributed by atoms with Gasteiger partial charge in [-0.3, -0.25) is 0 Å². The van der Waals surface area contributed by atoms with Gasteiger partial charge in [0.05, 0.1) is 5.56 Å². The Bertz CT molecular complexity index is 433. The first-order chi connectivity index (χ1) is 9.25. The number of hydrogen-bond donors (Lipinski definition) is 0. The molecule has 1 aromatic carbocycles. The molecule has 0 spiro atoms. The molecule has 0 saturated carbocycles. The largest absolute Gasteiger partial charge is 0.418 e. The summed E-state index contributed by atoms with van der Waals surface area (Å²) >= 11 is 5.61. The third-order valence-electron chi connectivity index (χ3n) is 3.03. The first-order valence-electron chi connectivity index (χ1n) is 6.37. The van der Waals surface area contributed by atoms with Gasteiger partial charge in [-0.15, -0.1) is 11.6 Å². The van der Waals surface area contributed by atoms with Gasteiger partial charge in [0.25, 0.3) is 0 Å². The summed E-state index contributed by atoms with van der Waals surface area (Å²) in [6.07, 6.45) is -3.56. The maximum absolute atomic E-state index is 13.1. The summed E-state index contributed by atoms with van der Waals surface area (Å²) in [6, 6.07) is 4.26. The third kappa shape index (κ3) is 4.87. The van der Waals surface area contributed by atoms with Crippen molar-refractivity contribution in [1.29, 1.82) is 0 Å². The smallest absolute Gasteiger partial charge is 0.374 e. The Morgan fingerprint density at radius 2 is 1.75 bits per heavy atom. The lowest BCUT2D eigenvalue weighted by Gasteiger charge is -2.24. The predicted octanol–water partition coefficient (Wildman–Crippen LogP) is 3.83. The predicted molar refractivity (Wildman–Crippen MR) is 77.4 cm³/mol. The Kier molecular flexibility index (Phi) is 6.14. The van der Waals surface area contributed by atoms with E-state index in [-0.39, 0.29) is 11.6 Å². The average Bonchev–Trinajstić information content (AvgIpc) is 2.36. The molecule has 0 fully saturated rings. The molecule has 114 valence electrons. The normalized spacial score (nSPS) is 12.0. The Hall–Kier alpha value is -0.940. The second kappa shape index (κ2) is 7.18. The van der Waals surface area contributed by atoms with Crippen LogP contribution >= 0.6 is 11.6 Å². The van der Waals surface area contributed by atoms with Gasteiger partial charge in [0.15, 0.2) is 0 Å². The highest BCUT2D eigenvalue weighted by Gasteiger charge is 2.34. The van der Waals surface area contributed by atoms with Crippen LogP contribution in [0.1, 0.15) is 17.5 Å². The second-order valence-corrected chi connectivity index (χ2v) is 5.33. The number of rotatable bonds is 6. The summed E-state index contributed by atoms with van der Waals surface area (Å²) in [6.45, 7) is 1.41. The van der Waals surface area contributed by atoms with Crippen molar-refractivity contribution < 1.29 is 13.2 Å². The molecule has 0 bridgehead atoms. The number of anilines is 1. The van der Waals surface area contributed by atoms with Gasteiger partial charge in [-0.2, -0.15) is 13.2 Å². The van der Waals surface area contributed by atoms with E-state index in [0.29, 0.717) is 12.1 Å². The van der Waals surface area contributed by atoms with E-state index < -0.39 is 11.7 Å². The number of halogens is 4. The summed E-state index contributed by atoms with van der Waals surface area (Å²) in [5, 5.41) is 0.